The molecule has 0 unspecified atom stereocenters. The Morgan fingerprint density at radius 3 is 2.88 bits per heavy atom. The van der Waals surface area contributed by atoms with Crippen molar-refractivity contribution in [2.45, 2.75) is 6.42 Å². The first-order chi connectivity index (χ1) is 8.18. The molecule has 0 fully saturated rings. The molecule has 17 heavy (non-hydrogen) atoms. The Labute approximate surface area is 110 Å². The normalized spacial score (nSPS) is 10.5. The number of halogens is 2. The first kappa shape index (κ1) is 12.3. The Morgan fingerprint density at radius 1 is 1.35 bits per heavy atom. The lowest BCUT2D eigenvalue weighted by atomic mass is 10.3. The van der Waals surface area contributed by atoms with Gasteiger partial charge in [0.1, 0.15) is 5.82 Å². The smallest absolute Gasteiger partial charge is 0.110 e. The van der Waals surface area contributed by atoms with Gasteiger partial charge >= 0.3 is 0 Å². The van der Waals surface area contributed by atoms with E-state index in [1.54, 1.807) is 12.3 Å². The van der Waals surface area contributed by atoms with Crippen LogP contribution in [0, 0.1) is 0 Å². The summed E-state index contributed by atoms with van der Waals surface area (Å²) in [6, 6.07) is 5.55. The van der Waals surface area contributed by atoms with E-state index in [1.165, 1.54) is 0 Å². The van der Waals surface area contributed by atoms with Crippen LogP contribution in [0.25, 0.3) is 0 Å². The Morgan fingerprint density at radius 2 is 2.18 bits per heavy atom. The molecule has 0 radical (unpaired) electrons. The Balaban J connectivity index is 1.95. The van der Waals surface area contributed by atoms with Crippen LogP contribution in [0.3, 0.4) is 0 Å². The van der Waals surface area contributed by atoms with Crippen LogP contribution in [0.4, 0.5) is 5.69 Å². The monoisotopic (exact) mass is 269 g/mol. The summed E-state index contributed by atoms with van der Waals surface area (Å²) < 4.78 is 2.00. The van der Waals surface area contributed by atoms with Crippen LogP contribution in [0.1, 0.15) is 5.82 Å². The van der Waals surface area contributed by atoms with E-state index in [9.17, 15) is 0 Å². The lowest BCUT2D eigenvalue weighted by Crippen LogP contribution is -2.08. The number of hydrogen-bond donors (Lipinski definition) is 1. The lowest BCUT2D eigenvalue weighted by molar-refractivity contribution is 0.790. The topological polar surface area (TPSA) is 29.9 Å². The van der Waals surface area contributed by atoms with Crippen molar-refractivity contribution >= 4 is 28.9 Å². The molecule has 1 aromatic heterocycles. The summed E-state index contributed by atoms with van der Waals surface area (Å²) in [5, 5.41) is 4.38. The quantitative estimate of drug-likeness (QED) is 0.923. The van der Waals surface area contributed by atoms with Gasteiger partial charge in [0, 0.05) is 32.4 Å². The highest BCUT2D eigenvalue weighted by Crippen LogP contribution is 2.29. The zero-order valence-corrected chi connectivity index (χ0v) is 11.0. The summed E-state index contributed by atoms with van der Waals surface area (Å²) in [5.74, 6) is 1.04. The van der Waals surface area contributed by atoms with Crippen molar-refractivity contribution in [2.24, 2.45) is 7.05 Å². The zero-order chi connectivity index (χ0) is 12.3. The van der Waals surface area contributed by atoms with E-state index < -0.39 is 0 Å². The van der Waals surface area contributed by atoms with E-state index >= 15 is 0 Å². The number of anilines is 1. The molecule has 0 saturated heterocycles. The molecule has 0 aliphatic heterocycles. The van der Waals surface area contributed by atoms with Crippen LogP contribution in [0.5, 0.6) is 0 Å². The van der Waals surface area contributed by atoms with E-state index in [0.29, 0.717) is 10.0 Å². The van der Waals surface area contributed by atoms with Gasteiger partial charge < -0.3 is 9.88 Å². The molecule has 0 spiro atoms. The second-order valence-electron chi connectivity index (χ2n) is 3.73. The molecule has 2 aromatic rings. The fourth-order valence-electron chi connectivity index (χ4n) is 1.59. The van der Waals surface area contributed by atoms with Crippen LogP contribution in [-0.2, 0) is 13.5 Å². The van der Waals surface area contributed by atoms with Crippen molar-refractivity contribution in [2.75, 3.05) is 11.9 Å². The highest BCUT2D eigenvalue weighted by molar-refractivity contribution is 6.43. The summed E-state index contributed by atoms with van der Waals surface area (Å²) in [5.41, 5.74) is 0.855. The number of imidazole rings is 1. The molecule has 1 N–H and O–H groups in total. The predicted octanol–water partition coefficient (Wildman–Crippen LogP) is 3.38. The van der Waals surface area contributed by atoms with E-state index in [1.807, 2.05) is 29.9 Å². The third kappa shape index (κ3) is 2.93. The van der Waals surface area contributed by atoms with Crippen molar-refractivity contribution in [3.63, 3.8) is 0 Å². The predicted molar refractivity (Wildman–Crippen MR) is 71.9 cm³/mol. The molecule has 0 aliphatic carbocycles. The van der Waals surface area contributed by atoms with Gasteiger partial charge in [-0.15, -0.1) is 0 Å². The minimum Gasteiger partial charge on any atom is -0.383 e. The van der Waals surface area contributed by atoms with Crippen molar-refractivity contribution < 1.29 is 0 Å². The Bertz CT molecular complexity index is 508. The third-order valence-electron chi connectivity index (χ3n) is 2.54. The third-order valence-corrected chi connectivity index (χ3v) is 3.36. The SMILES string of the molecule is Cn1ccnc1CCNc1cccc(Cl)c1Cl. The maximum absolute atomic E-state index is 6.07. The standard InChI is InChI=1S/C12H13Cl2N3/c1-17-8-7-16-11(17)5-6-15-10-4-2-3-9(13)12(10)14/h2-4,7-8,15H,5-6H2,1H3. The second kappa shape index (κ2) is 5.43. The van der Waals surface area contributed by atoms with Gasteiger partial charge in [0.15, 0.2) is 0 Å². The molecule has 2 rings (SSSR count). The van der Waals surface area contributed by atoms with Crippen LogP contribution in [-0.4, -0.2) is 16.1 Å². The average Bonchev–Trinajstić information content (AvgIpc) is 2.71. The summed E-state index contributed by atoms with van der Waals surface area (Å²) in [7, 11) is 1.98. The van der Waals surface area contributed by atoms with Gasteiger partial charge in [-0.25, -0.2) is 4.98 Å². The molecule has 0 atom stereocenters. The highest BCUT2D eigenvalue weighted by Gasteiger charge is 2.04. The molecular weight excluding hydrogens is 257 g/mol. The second-order valence-corrected chi connectivity index (χ2v) is 4.52. The number of rotatable bonds is 4. The first-order valence-corrected chi connectivity index (χ1v) is 6.08. The molecule has 0 aliphatic rings. The summed E-state index contributed by atoms with van der Waals surface area (Å²) in [4.78, 5) is 4.25. The largest absolute Gasteiger partial charge is 0.383 e. The average molecular weight is 270 g/mol. The Hall–Kier alpha value is -1.19. The number of benzene rings is 1. The highest BCUT2D eigenvalue weighted by atomic mass is 35.5. The van der Waals surface area contributed by atoms with Gasteiger partial charge in [-0.2, -0.15) is 0 Å². The molecule has 0 bridgehead atoms. The van der Waals surface area contributed by atoms with Gasteiger partial charge in [0.2, 0.25) is 0 Å². The molecule has 1 aromatic carbocycles. The fourth-order valence-corrected chi connectivity index (χ4v) is 1.95. The molecule has 5 heteroatoms. The number of hydrogen-bond acceptors (Lipinski definition) is 2. The van der Waals surface area contributed by atoms with Gasteiger partial charge in [-0.1, -0.05) is 29.3 Å². The lowest BCUT2D eigenvalue weighted by Gasteiger charge is -2.09. The van der Waals surface area contributed by atoms with E-state index in [4.69, 9.17) is 23.2 Å². The summed E-state index contributed by atoms with van der Waals surface area (Å²) >= 11 is 12.0. The summed E-state index contributed by atoms with van der Waals surface area (Å²) in [6.07, 6.45) is 4.57. The van der Waals surface area contributed by atoms with Gasteiger partial charge in [-0.05, 0) is 12.1 Å². The summed E-state index contributed by atoms with van der Waals surface area (Å²) in [6.45, 7) is 0.769. The van der Waals surface area contributed by atoms with Gasteiger partial charge in [0.25, 0.3) is 0 Å². The maximum atomic E-state index is 6.07. The van der Waals surface area contributed by atoms with E-state index in [-0.39, 0.29) is 0 Å². The van der Waals surface area contributed by atoms with Crippen molar-refractivity contribution in [3.8, 4) is 0 Å². The molecule has 0 saturated carbocycles. The van der Waals surface area contributed by atoms with Crippen LogP contribution >= 0.6 is 23.2 Å². The molecule has 3 nitrogen and oxygen atoms in total. The van der Waals surface area contributed by atoms with Gasteiger partial charge in [0.05, 0.1) is 15.7 Å². The minimum absolute atomic E-state index is 0.564. The van der Waals surface area contributed by atoms with Crippen LogP contribution in [0.15, 0.2) is 30.6 Å². The van der Waals surface area contributed by atoms with E-state index in [0.717, 1.165) is 24.5 Å². The number of nitrogens with one attached hydrogen (secondary N) is 1. The zero-order valence-electron chi connectivity index (χ0n) is 9.45. The Kier molecular flexibility index (Phi) is 3.92. The maximum Gasteiger partial charge on any atom is 0.110 e. The van der Waals surface area contributed by atoms with Crippen LogP contribution in [0.2, 0.25) is 10.0 Å². The minimum atomic E-state index is 0.564. The van der Waals surface area contributed by atoms with Gasteiger partial charge in [-0.3, -0.25) is 0 Å². The van der Waals surface area contributed by atoms with Crippen molar-refractivity contribution in [1.29, 1.82) is 0 Å². The van der Waals surface area contributed by atoms with E-state index in [2.05, 4.69) is 10.3 Å². The molecule has 1 heterocycles. The first-order valence-electron chi connectivity index (χ1n) is 5.32. The number of aryl methyl sites for hydroxylation is 1. The molecule has 0 amide bonds. The van der Waals surface area contributed by atoms with Crippen molar-refractivity contribution in [1.82, 2.24) is 9.55 Å². The number of aromatic nitrogens is 2. The number of nitrogens with zero attached hydrogens (tertiary/aromatic N) is 2. The molecular formula is C12H13Cl2N3. The fraction of sp³-hybridized carbons (Fsp3) is 0.250. The van der Waals surface area contributed by atoms with Crippen molar-refractivity contribution in [3.05, 3.63) is 46.5 Å². The molecule has 90 valence electrons. The van der Waals surface area contributed by atoms with Crippen LogP contribution < -0.4 is 5.32 Å².